The van der Waals surface area contributed by atoms with Gasteiger partial charge in [-0.2, -0.15) is 0 Å². The van der Waals surface area contributed by atoms with Gasteiger partial charge in [0, 0.05) is 30.8 Å². The first-order valence-corrected chi connectivity index (χ1v) is 10.7. The number of rotatable bonds is 3. The molecule has 2 aromatic carbocycles. The second-order valence-corrected chi connectivity index (χ2v) is 8.93. The summed E-state index contributed by atoms with van der Waals surface area (Å²) in [6.45, 7) is 4.75. The molecule has 3 aliphatic rings. The number of aliphatic carboxylic acids is 1. The van der Waals surface area contributed by atoms with Crippen LogP contribution in [-0.2, 0) is 11.4 Å². The Morgan fingerprint density at radius 2 is 1.87 bits per heavy atom. The van der Waals surface area contributed by atoms with E-state index in [2.05, 4.69) is 23.1 Å². The highest BCUT2D eigenvalue weighted by Gasteiger charge is 2.51. The highest BCUT2D eigenvalue weighted by Crippen LogP contribution is 2.47. The van der Waals surface area contributed by atoms with Crippen LogP contribution in [0.3, 0.4) is 0 Å². The van der Waals surface area contributed by atoms with Gasteiger partial charge in [0.15, 0.2) is 0 Å². The van der Waals surface area contributed by atoms with E-state index in [4.69, 9.17) is 4.74 Å². The lowest BCUT2D eigenvalue weighted by Gasteiger charge is -2.32. The van der Waals surface area contributed by atoms with E-state index in [-0.39, 0.29) is 5.82 Å². The van der Waals surface area contributed by atoms with E-state index in [1.54, 1.807) is 6.07 Å². The molecule has 0 aromatic heterocycles. The molecule has 2 aliphatic heterocycles. The fourth-order valence-corrected chi connectivity index (χ4v) is 4.81. The van der Waals surface area contributed by atoms with E-state index in [9.17, 15) is 14.3 Å². The molecule has 0 bridgehead atoms. The first kappa shape index (κ1) is 19.3. The lowest BCUT2D eigenvalue weighted by molar-refractivity contribution is -0.144. The van der Waals surface area contributed by atoms with E-state index in [0.717, 1.165) is 72.3 Å². The zero-order valence-electron chi connectivity index (χ0n) is 17.2. The smallest absolute Gasteiger partial charge is 0.310 e. The van der Waals surface area contributed by atoms with Gasteiger partial charge >= 0.3 is 5.97 Å². The number of carboxylic acids is 1. The Bertz CT molecular complexity index is 989. The molecule has 5 heteroatoms. The summed E-state index contributed by atoms with van der Waals surface area (Å²) in [5.41, 5.74) is 6.11. The van der Waals surface area contributed by atoms with Crippen LogP contribution in [0.4, 0.5) is 4.39 Å². The zero-order valence-corrected chi connectivity index (χ0v) is 17.2. The highest BCUT2D eigenvalue weighted by atomic mass is 19.1. The zero-order chi connectivity index (χ0) is 20.9. The van der Waals surface area contributed by atoms with Gasteiger partial charge < -0.3 is 14.7 Å². The van der Waals surface area contributed by atoms with Gasteiger partial charge in [-0.15, -0.1) is 0 Å². The van der Waals surface area contributed by atoms with Gasteiger partial charge in [-0.1, -0.05) is 23.8 Å². The van der Waals surface area contributed by atoms with Crippen molar-refractivity contribution in [2.24, 2.45) is 5.41 Å². The van der Waals surface area contributed by atoms with Gasteiger partial charge in [0.25, 0.3) is 0 Å². The second-order valence-electron chi connectivity index (χ2n) is 8.93. The number of hydrogen-bond acceptors (Lipinski definition) is 3. The molecular weight excluding hydrogens is 381 g/mol. The molecule has 0 radical (unpaired) electrons. The summed E-state index contributed by atoms with van der Waals surface area (Å²) in [7, 11) is 0. The molecule has 0 atom stereocenters. The summed E-state index contributed by atoms with van der Waals surface area (Å²) in [6.07, 6.45) is 3.34. The van der Waals surface area contributed by atoms with Crippen LogP contribution in [0.15, 0.2) is 42.0 Å². The third kappa shape index (κ3) is 3.41. The van der Waals surface area contributed by atoms with Crippen molar-refractivity contribution in [3.05, 3.63) is 70.0 Å². The third-order valence-corrected chi connectivity index (χ3v) is 6.77. The number of ether oxygens (including phenoxy) is 1. The van der Waals surface area contributed by atoms with Gasteiger partial charge in [-0.25, -0.2) is 4.39 Å². The molecule has 30 heavy (non-hydrogen) atoms. The van der Waals surface area contributed by atoms with Crippen molar-refractivity contribution >= 4 is 11.5 Å². The predicted octanol–water partition coefficient (Wildman–Crippen LogP) is 4.79. The van der Waals surface area contributed by atoms with Crippen LogP contribution >= 0.6 is 0 Å². The van der Waals surface area contributed by atoms with Crippen molar-refractivity contribution in [2.45, 2.75) is 39.2 Å². The minimum Gasteiger partial charge on any atom is -0.488 e. The molecule has 156 valence electrons. The Balaban J connectivity index is 1.50. The normalized spacial score (nSPS) is 20.1. The number of halogens is 1. The topological polar surface area (TPSA) is 49.8 Å². The first-order valence-electron chi connectivity index (χ1n) is 10.7. The number of aryl methyl sites for hydroxylation is 1. The molecule has 1 saturated heterocycles. The van der Waals surface area contributed by atoms with Crippen LogP contribution in [0.25, 0.3) is 5.57 Å². The monoisotopic (exact) mass is 407 g/mol. The number of carboxylic acid groups (broad SMARTS) is 1. The fourth-order valence-electron chi connectivity index (χ4n) is 4.81. The Morgan fingerprint density at radius 1 is 1.13 bits per heavy atom. The lowest BCUT2D eigenvalue weighted by Crippen LogP contribution is -2.38. The van der Waals surface area contributed by atoms with Crippen LogP contribution < -0.4 is 4.74 Å². The first-order chi connectivity index (χ1) is 14.4. The van der Waals surface area contributed by atoms with E-state index < -0.39 is 11.4 Å². The summed E-state index contributed by atoms with van der Waals surface area (Å²) in [6, 6.07) is 11.2. The Morgan fingerprint density at radius 3 is 2.57 bits per heavy atom. The molecule has 5 rings (SSSR count). The summed E-state index contributed by atoms with van der Waals surface area (Å²) >= 11 is 0. The van der Waals surface area contributed by atoms with Crippen molar-refractivity contribution in [3.63, 3.8) is 0 Å². The van der Waals surface area contributed by atoms with Crippen molar-refractivity contribution in [3.8, 4) is 5.75 Å². The Labute approximate surface area is 176 Å². The van der Waals surface area contributed by atoms with Gasteiger partial charge in [-0.05, 0) is 67.5 Å². The van der Waals surface area contributed by atoms with Crippen LogP contribution in [0.2, 0.25) is 0 Å². The van der Waals surface area contributed by atoms with Gasteiger partial charge in [0.2, 0.25) is 0 Å². The number of benzene rings is 2. The minimum atomic E-state index is -0.659. The maximum atomic E-state index is 13.9. The molecular formula is C25H26FNO3. The van der Waals surface area contributed by atoms with E-state index in [1.165, 1.54) is 11.6 Å². The van der Waals surface area contributed by atoms with Gasteiger partial charge in [0.05, 0.1) is 5.41 Å². The molecule has 2 fully saturated rings. The van der Waals surface area contributed by atoms with Crippen molar-refractivity contribution in [1.82, 2.24) is 4.90 Å². The van der Waals surface area contributed by atoms with Gasteiger partial charge in [0.1, 0.15) is 18.2 Å². The molecule has 4 nitrogen and oxygen atoms in total. The SMILES string of the molecule is Cc1ccc2c(c1)OCc1cc(F)ccc1C2=C1CCN(CC2(C(=O)O)CC2)CC1. The second kappa shape index (κ2) is 7.24. The maximum Gasteiger partial charge on any atom is 0.310 e. The average molecular weight is 407 g/mol. The van der Waals surface area contributed by atoms with E-state index in [1.807, 2.05) is 13.0 Å². The minimum absolute atomic E-state index is 0.248. The molecule has 1 saturated carbocycles. The summed E-state index contributed by atoms with van der Waals surface area (Å²) in [5.74, 6) is -0.0609. The average Bonchev–Trinajstić information content (AvgIpc) is 3.52. The van der Waals surface area contributed by atoms with Gasteiger partial charge in [-0.3, -0.25) is 4.79 Å². The predicted molar refractivity (Wildman–Crippen MR) is 113 cm³/mol. The summed E-state index contributed by atoms with van der Waals surface area (Å²) in [5, 5.41) is 9.50. The molecule has 0 amide bonds. The standard InChI is InChI=1S/C25H26FNO3/c1-16-2-4-21-22(12-16)30-14-18-13-19(26)3-5-20(18)23(21)17-6-10-27(11-7-17)15-25(8-9-25)24(28)29/h2-5,12-13H,6-11,14-15H2,1H3,(H,28,29). The molecule has 2 heterocycles. The largest absolute Gasteiger partial charge is 0.488 e. The highest BCUT2D eigenvalue weighted by molar-refractivity contribution is 5.87. The fraction of sp³-hybridized carbons (Fsp3) is 0.400. The Hall–Kier alpha value is -2.66. The molecule has 1 aliphatic carbocycles. The van der Waals surface area contributed by atoms with E-state index in [0.29, 0.717) is 13.2 Å². The van der Waals surface area contributed by atoms with Crippen molar-refractivity contribution in [1.29, 1.82) is 0 Å². The van der Waals surface area contributed by atoms with Crippen LogP contribution in [-0.4, -0.2) is 35.6 Å². The third-order valence-electron chi connectivity index (χ3n) is 6.77. The maximum absolute atomic E-state index is 13.9. The van der Waals surface area contributed by atoms with Crippen molar-refractivity contribution in [2.75, 3.05) is 19.6 Å². The number of piperidine rings is 1. The number of nitrogens with zero attached hydrogens (tertiary/aromatic N) is 1. The number of carbonyl (C=O) groups is 1. The number of fused-ring (bicyclic) bond motifs is 2. The van der Waals surface area contributed by atoms with Crippen molar-refractivity contribution < 1.29 is 19.0 Å². The Kier molecular flexibility index (Phi) is 4.66. The molecule has 0 spiro atoms. The van der Waals surface area contributed by atoms with Crippen LogP contribution in [0.1, 0.15) is 47.9 Å². The molecule has 1 N–H and O–H groups in total. The van der Waals surface area contributed by atoms with E-state index >= 15 is 0 Å². The quantitative estimate of drug-likeness (QED) is 0.795. The number of likely N-dealkylation sites (tertiary alicyclic amines) is 1. The summed E-state index contributed by atoms with van der Waals surface area (Å²) < 4.78 is 20.0. The lowest BCUT2D eigenvalue weighted by atomic mass is 9.86. The van der Waals surface area contributed by atoms with Crippen LogP contribution in [0.5, 0.6) is 5.75 Å². The van der Waals surface area contributed by atoms with Crippen LogP contribution in [0, 0.1) is 18.2 Å². The summed E-state index contributed by atoms with van der Waals surface area (Å²) in [4.78, 5) is 13.8. The molecule has 2 aromatic rings. The molecule has 0 unspecified atom stereocenters. The number of hydrogen-bond donors (Lipinski definition) is 1.